The smallest absolute Gasteiger partial charge is 0.203 e. The highest BCUT2D eigenvalue weighted by Gasteiger charge is 2.24. The Hall–Kier alpha value is -4.87. The average Bonchev–Trinajstić information content (AvgIpc) is 3.03. The van der Waals surface area contributed by atoms with Gasteiger partial charge in [0.1, 0.15) is 25.9 Å². The SMILES string of the molecule is O=C(c1ccccc1)C(O)c1cc(OCc2ccccc2)c(OCc2ccccc2)c(OCc2ccccc2)c1. The molecule has 0 aliphatic carbocycles. The normalized spacial score (nSPS) is 11.4. The van der Waals surface area contributed by atoms with Crippen LogP contribution in [0.15, 0.2) is 133 Å². The van der Waals surface area contributed by atoms with E-state index in [1.165, 1.54) is 0 Å². The summed E-state index contributed by atoms with van der Waals surface area (Å²) in [6, 6.07) is 41.4. The van der Waals surface area contributed by atoms with Gasteiger partial charge < -0.3 is 19.3 Å². The molecule has 5 aromatic carbocycles. The minimum atomic E-state index is -1.41. The topological polar surface area (TPSA) is 65.0 Å². The Kier molecular flexibility index (Phi) is 8.87. The van der Waals surface area contributed by atoms with Gasteiger partial charge in [-0.1, -0.05) is 121 Å². The van der Waals surface area contributed by atoms with Crippen LogP contribution in [-0.4, -0.2) is 10.9 Å². The van der Waals surface area contributed by atoms with Crippen molar-refractivity contribution in [2.75, 3.05) is 0 Å². The second-order valence-corrected chi connectivity index (χ2v) is 9.30. The van der Waals surface area contributed by atoms with E-state index in [9.17, 15) is 9.90 Å². The molecule has 0 amide bonds. The molecule has 0 spiro atoms. The summed E-state index contributed by atoms with van der Waals surface area (Å²) >= 11 is 0. The van der Waals surface area contributed by atoms with Crippen LogP contribution in [0.3, 0.4) is 0 Å². The maximum atomic E-state index is 13.2. The Balaban J connectivity index is 1.52. The number of aliphatic hydroxyl groups is 1. The highest BCUT2D eigenvalue weighted by atomic mass is 16.5. The van der Waals surface area contributed by atoms with Crippen molar-refractivity contribution >= 4 is 5.78 Å². The molecule has 0 aromatic heterocycles. The predicted octanol–water partition coefficient (Wildman–Crippen LogP) is 7.34. The van der Waals surface area contributed by atoms with Gasteiger partial charge in [0.25, 0.3) is 0 Å². The minimum Gasteiger partial charge on any atom is -0.485 e. The van der Waals surface area contributed by atoms with Gasteiger partial charge in [-0.25, -0.2) is 0 Å². The summed E-state index contributed by atoms with van der Waals surface area (Å²) in [5.74, 6) is 0.737. The van der Waals surface area contributed by atoms with E-state index in [0.29, 0.717) is 28.4 Å². The number of hydrogen-bond donors (Lipinski definition) is 1. The molecule has 0 bridgehead atoms. The predicted molar refractivity (Wildman–Crippen MR) is 154 cm³/mol. The Morgan fingerprint density at radius 2 is 0.925 bits per heavy atom. The molecule has 5 nitrogen and oxygen atoms in total. The number of carbonyl (C=O) groups is 1. The summed E-state index contributed by atoms with van der Waals surface area (Å²) < 4.78 is 18.8. The van der Waals surface area contributed by atoms with E-state index in [1.807, 2.05) is 97.1 Å². The molecule has 1 N–H and O–H groups in total. The maximum absolute atomic E-state index is 13.2. The van der Waals surface area contributed by atoms with Crippen LogP contribution >= 0.6 is 0 Å². The number of aliphatic hydroxyl groups excluding tert-OH is 1. The molecule has 5 aromatic rings. The number of Topliss-reactive ketones (excluding diaryl/α,β-unsaturated/α-hetero) is 1. The van der Waals surface area contributed by atoms with Crippen LogP contribution in [0, 0.1) is 0 Å². The summed E-state index contributed by atoms with van der Waals surface area (Å²) in [6.07, 6.45) is -1.41. The second kappa shape index (κ2) is 13.3. The van der Waals surface area contributed by atoms with Gasteiger partial charge in [0.2, 0.25) is 5.75 Å². The van der Waals surface area contributed by atoms with Gasteiger partial charge in [0.15, 0.2) is 17.3 Å². The molecule has 0 radical (unpaired) electrons. The zero-order chi connectivity index (χ0) is 27.6. The van der Waals surface area contributed by atoms with E-state index in [0.717, 1.165) is 16.7 Å². The number of carbonyl (C=O) groups excluding carboxylic acids is 1. The van der Waals surface area contributed by atoms with Crippen molar-refractivity contribution in [3.05, 3.63) is 161 Å². The van der Waals surface area contributed by atoms with Crippen molar-refractivity contribution in [1.29, 1.82) is 0 Å². The summed E-state index contributed by atoms with van der Waals surface area (Å²) in [5, 5.41) is 11.2. The first-order valence-electron chi connectivity index (χ1n) is 13.1. The molecule has 0 heterocycles. The number of ether oxygens (including phenoxy) is 3. The van der Waals surface area contributed by atoms with E-state index < -0.39 is 11.9 Å². The molecule has 5 heteroatoms. The third-order valence-corrected chi connectivity index (χ3v) is 6.37. The van der Waals surface area contributed by atoms with Crippen molar-refractivity contribution in [1.82, 2.24) is 0 Å². The van der Waals surface area contributed by atoms with Gasteiger partial charge in [0, 0.05) is 5.56 Å². The van der Waals surface area contributed by atoms with Crippen LogP contribution in [0.2, 0.25) is 0 Å². The van der Waals surface area contributed by atoms with Crippen molar-refractivity contribution < 1.29 is 24.1 Å². The zero-order valence-electron chi connectivity index (χ0n) is 22.0. The molecular weight excluding hydrogens is 500 g/mol. The van der Waals surface area contributed by atoms with Crippen LogP contribution in [0.25, 0.3) is 0 Å². The van der Waals surface area contributed by atoms with Crippen LogP contribution in [0.1, 0.15) is 38.7 Å². The molecule has 1 unspecified atom stereocenters. The molecule has 1 atom stereocenters. The van der Waals surface area contributed by atoms with Crippen molar-refractivity contribution in [3.8, 4) is 17.2 Å². The highest BCUT2D eigenvalue weighted by Crippen LogP contribution is 2.42. The second-order valence-electron chi connectivity index (χ2n) is 9.30. The number of rotatable bonds is 12. The van der Waals surface area contributed by atoms with Crippen molar-refractivity contribution in [2.45, 2.75) is 25.9 Å². The molecule has 0 aliphatic rings. The van der Waals surface area contributed by atoms with Gasteiger partial charge >= 0.3 is 0 Å². The molecule has 0 saturated carbocycles. The largest absolute Gasteiger partial charge is 0.485 e. The summed E-state index contributed by atoms with van der Waals surface area (Å²) in [4.78, 5) is 13.2. The average molecular weight is 531 g/mol. The van der Waals surface area contributed by atoms with Gasteiger partial charge in [-0.2, -0.15) is 0 Å². The standard InChI is InChI=1S/C35H30O5/c36-33(29-19-11-4-12-20-29)34(37)30-21-31(38-23-26-13-5-1-6-14-26)35(40-25-28-17-9-3-10-18-28)32(22-30)39-24-27-15-7-2-8-16-27/h1-22,34,37H,23-25H2. The Labute approximate surface area is 234 Å². The molecule has 0 aliphatic heterocycles. The molecular formula is C35H30O5. The van der Waals surface area contributed by atoms with Crippen LogP contribution < -0.4 is 14.2 Å². The van der Waals surface area contributed by atoms with E-state index in [4.69, 9.17) is 14.2 Å². The third kappa shape index (κ3) is 6.95. The Bertz CT molecular complexity index is 1440. The third-order valence-electron chi connectivity index (χ3n) is 6.37. The lowest BCUT2D eigenvalue weighted by Crippen LogP contribution is -2.13. The molecule has 40 heavy (non-hydrogen) atoms. The lowest BCUT2D eigenvalue weighted by atomic mass is 9.99. The summed E-state index contributed by atoms with van der Waals surface area (Å²) in [6.45, 7) is 0.828. The molecule has 200 valence electrons. The van der Waals surface area contributed by atoms with E-state index in [1.54, 1.807) is 36.4 Å². The first-order valence-corrected chi connectivity index (χ1v) is 13.1. The van der Waals surface area contributed by atoms with Gasteiger partial charge in [-0.15, -0.1) is 0 Å². The lowest BCUT2D eigenvalue weighted by Gasteiger charge is -2.20. The molecule has 0 fully saturated rings. The van der Waals surface area contributed by atoms with Gasteiger partial charge in [-0.3, -0.25) is 4.79 Å². The zero-order valence-corrected chi connectivity index (χ0v) is 22.0. The number of hydrogen-bond acceptors (Lipinski definition) is 5. The first-order chi connectivity index (χ1) is 19.7. The van der Waals surface area contributed by atoms with E-state index in [-0.39, 0.29) is 19.8 Å². The first kappa shape index (κ1) is 26.7. The summed E-state index contributed by atoms with van der Waals surface area (Å²) in [5.41, 5.74) is 3.68. The van der Waals surface area contributed by atoms with Crippen molar-refractivity contribution in [3.63, 3.8) is 0 Å². The Morgan fingerprint density at radius 1 is 0.550 bits per heavy atom. The fraction of sp³-hybridized carbons (Fsp3) is 0.114. The number of ketones is 1. The Morgan fingerprint density at radius 3 is 1.35 bits per heavy atom. The van der Waals surface area contributed by atoms with E-state index >= 15 is 0 Å². The maximum Gasteiger partial charge on any atom is 0.203 e. The number of benzene rings is 5. The van der Waals surface area contributed by atoms with Crippen LogP contribution in [0.5, 0.6) is 17.2 Å². The van der Waals surface area contributed by atoms with E-state index in [2.05, 4.69) is 0 Å². The monoisotopic (exact) mass is 530 g/mol. The van der Waals surface area contributed by atoms with Gasteiger partial charge in [-0.05, 0) is 34.4 Å². The fourth-order valence-corrected chi connectivity index (χ4v) is 4.22. The van der Waals surface area contributed by atoms with Gasteiger partial charge in [0.05, 0.1) is 0 Å². The molecule has 5 rings (SSSR count). The lowest BCUT2D eigenvalue weighted by molar-refractivity contribution is 0.0746. The van der Waals surface area contributed by atoms with Crippen LogP contribution in [-0.2, 0) is 19.8 Å². The minimum absolute atomic E-state index is 0.271. The van der Waals surface area contributed by atoms with Crippen LogP contribution in [0.4, 0.5) is 0 Å². The summed E-state index contributed by atoms with van der Waals surface area (Å²) in [7, 11) is 0. The fourth-order valence-electron chi connectivity index (χ4n) is 4.22. The quantitative estimate of drug-likeness (QED) is 0.171. The highest BCUT2D eigenvalue weighted by molar-refractivity contribution is 6.00. The van der Waals surface area contributed by atoms with Crippen molar-refractivity contribution in [2.24, 2.45) is 0 Å². The molecule has 0 saturated heterocycles.